The highest BCUT2D eigenvalue weighted by atomic mass is 16.7. The van der Waals surface area contributed by atoms with Gasteiger partial charge in [-0.25, -0.2) is 9.50 Å². The van der Waals surface area contributed by atoms with Crippen molar-refractivity contribution < 1.29 is 9.47 Å². The van der Waals surface area contributed by atoms with E-state index in [2.05, 4.69) is 16.5 Å². The third kappa shape index (κ3) is 2.80. The Morgan fingerprint density at radius 3 is 2.69 bits per heavy atom. The molecular weight excluding hydrogens is 368 g/mol. The van der Waals surface area contributed by atoms with Gasteiger partial charge in [-0.1, -0.05) is 12.1 Å². The smallest absolute Gasteiger partial charge is 0.231 e. The molecular formula is C21H18N6O2. The number of imidazole rings is 1. The average molecular weight is 386 g/mol. The fourth-order valence-electron chi connectivity index (χ4n) is 3.35. The second-order valence-electron chi connectivity index (χ2n) is 6.90. The van der Waals surface area contributed by atoms with Gasteiger partial charge in [-0.15, -0.1) is 0 Å². The molecule has 4 aromatic rings. The van der Waals surface area contributed by atoms with Crippen molar-refractivity contribution in [2.75, 3.05) is 31.1 Å². The minimum absolute atomic E-state index is 0.224. The maximum absolute atomic E-state index is 9.41. The summed E-state index contributed by atoms with van der Waals surface area (Å²) in [5.41, 5.74) is 4.67. The van der Waals surface area contributed by atoms with E-state index < -0.39 is 0 Å². The van der Waals surface area contributed by atoms with Crippen LogP contribution in [-0.2, 0) is 0 Å². The first-order valence-corrected chi connectivity index (χ1v) is 9.08. The van der Waals surface area contributed by atoms with Crippen molar-refractivity contribution in [3.05, 3.63) is 54.2 Å². The summed E-state index contributed by atoms with van der Waals surface area (Å²) in [4.78, 5) is 6.78. The fourth-order valence-corrected chi connectivity index (χ4v) is 3.35. The van der Waals surface area contributed by atoms with Gasteiger partial charge in [0.25, 0.3) is 0 Å². The minimum Gasteiger partial charge on any atom is -0.454 e. The number of ether oxygens (including phenoxy) is 2. The molecule has 0 saturated heterocycles. The SMILES string of the molecule is CN(C)c1ccc(-c2nc3c(C#N)c[nH]n3c2Nc2ccc3c(c2)OCO3)cc1. The van der Waals surface area contributed by atoms with Crippen LogP contribution in [0.4, 0.5) is 17.2 Å². The van der Waals surface area contributed by atoms with E-state index in [1.807, 2.05) is 61.5 Å². The van der Waals surface area contributed by atoms with E-state index in [0.29, 0.717) is 17.0 Å². The summed E-state index contributed by atoms with van der Waals surface area (Å²) in [5, 5.41) is 15.9. The molecule has 2 aromatic carbocycles. The van der Waals surface area contributed by atoms with Crippen LogP contribution in [0, 0.1) is 11.3 Å². The van der Waals surface area contributed by atoms with E-state index in [0.717, 1.165) is 34.2 Å². The Bertz CT molecular complexity index is 1250. The Hall–Kier alpha value is -4.12. The molecule has 0 spiro atoms. The lowest BCUT2D eigenvalue weighted by atomic mass is 10.1. The van der Waals surface area contributed by atoms with Crippen molar-refractivity contribution >= 4 is 22.8 Å². The number of rotatable bonds is 4. The van der Waals surface area contributed by atoms with Gasteiger partial charge < -0.3 is 19.7 Å². The molecule has 1 aliphatic heterocycles. The Labute approximate surface area is 166 Å². The van der Waals surface area contributed by atoms with E-state index in [1.165, 1.54) is 0 Å². The van der Waals surface area contributed by atoms with Crippen LogP contribution >= 0.6 is 0 Å². The number of nitrogens with one attached hydrogen (secondary N) is 2. The summed E-state index contributed by atoms with van der Waals surface area (Å²) in [7, 11) is 4.00. The van der Waals surface area contributed by atoms with E-state index >= 15 is 0 Å². The molecule has 2 aromatic heterocycles. The predicted molar refractivity (Wildman–Crippen MR) is 110 cm³/mol. The summed E-state index contributed by atoms with van der Waals surface area (Å²) < 4.78 is 12.6. The van der Waals surface area contributed by atoms with Crippen LogP contribution in [0.15, 0.2) is 48.7 Å². The molecule has 1 aliphatic rings. The molecule has 8 nitrogen and oxygen atoms in total. The predicted octanol–water partition coefficient (Wildman–Crippen LogP) is 3.74. The van der Waals surface area contributed by atoms with Crippen molar-refractivity contribution in [3.8, 4) is 28.8 Å². The van der Waals surface area contributed by atoms with Gasteiger partial charge in [0.1, 0.15) is 17.3 Å². The maximum atomic E-state index is 9.41. The van der Waals surface area contributed by atoms with E-state index in [-0.39, 0.29) is 6.79 Å². The average Bonchev–Trinajstić information content (AvgIpc) is 3.43. The molecule has 0 aliphatic carbocycles. The molecule has 144 valence electrons. The Balaban J connectivity index is 1.62. The highest BCUT2D eigenvalue weighted by Crippen LogP contribution is 2.37. The van der Waals surface area contributed by atoms with Gasteiger partial charge >= 0.3 is 0 Å². The number of anilines is 3. The van der Waals surface area contributed by atoms with Gasteiger partial charge in [0.15, 0.2) is 23.0 Å². The molecule has 0 bridgehead atoms. The second kappa shape index (κ2) is 6.49. The maximum Gasteiger partial charge on any atom is 0.231 e. The lowest BCUT2D eigenvalue weighted by Gasteiger charge is -2.13. The van der Waals surface area contributed by atoms with Gasteiger partial charge in [0.05, 0.1) is 0 Å². The Morgan fingerprint density at radius 2 is 1.93 bits per heavy atom. The summed E-state index contributed by atoms with van der Waals surface area (Å²) in [5.74, 6) is 2.15. The van der Waals surface area contributed by atoms with Crippen molar-refractivity contribution in [1.29, 1.82) is 5.26 Å². The van der Waals surface area contributed by atoms with Gasteiger partial charge in [-0.2, -0.15) is 5.26 Å². The number of aromatic amines is 1. The number of benzene rings is 2. The largest absolute Gasteiger partial charge is 0.454 e. The minimum atomic E-state index is 0.224. The van der Waals surface area contributed by atoms with Crippen molar-refractivity contribution in [2.45, 2.75) is 0 Å². The lowest BCUT2D eigenvalue weighted by Crippen LogP contribution is -2.08. The third-order valence-corrected chi connectivity index (χ3v) is 4.87. The first kappa shape index (κ1) is 17.0. The van der Waals surface area contributed by atoms with E-state index in [9.17, 15) is 5.26 Å². The molecule has 2 N–H and O–H groups in total. The lowest BCUT2D eigenvalue weighted by molar-refractivity contribution is 0.174. The van der Waals surface area contributed by atoms with Gasteiger partial charge in [-0.3, -0.25) is 5.10 Å². The molecule has 0 unspecified atom stereocenters. The van der Waals surface area contributed by atoms with E-state index in [4.69, 9.17) is 14.5 Å². The van der Waals surface area contributed by atoms with Crippen molar-refractivity contribution in [1.82, 2.24) is 14.6 Å². The monoisotopic (exact) mass is 386 g/mol. The first-order valence-electron chi connectivity index (χ1n) is 9.08. The zero-order valence-corrected chi connectivity index (χ0v) is 15.9. The Kier molecular flexibility index (Phi) is 3.81. The number of H-pyrrole nitrogens is 1. The first-order chi connectivity index (χ1) is 14.1. The highest BCUT2D eigenvalue weighted by Gasteiger charge is 2.20. The van der Waals surface area contributed by atoms with Crippen LogP contribution in [0.3, 0.4) is 0 Å². The molecule has 8 heteroatoms. The Morgan fingerprint density at radius 1 is 1.14 bits per heavy atom. The number of hydrogen-bond donors (Lipinski definition) is 2. The number of nitriles is 1. The van der Waals surface area contributed by atoms with Crippen LogP contribution in [0.1, 0.15) is 5.56 Å². The molecule has 0 amide bonds. The normalized spacial score (nSPS) is 12.2. The molecule has 0 atom stereocenters. The third-order valence-electron chi connectivity index (χ3n) is 4.87. The van der Waals surface area contributed by atoms with Gasteiger partial charge in [0.2, 0.25) is 6.79 Å². The number of nitrogens with zero attached hydrogens (tertiary/aromatic N) is 4. The van der Waals surface area contributed by atoms with Crippen LogP contribution in [0.2, 0.25) is 0 Å². The van der Waals surface area contributed by atoms with E-state index in [1.54, 1.807) is 10.7 Å². The number of aromatic nitrogens is 3. The summed E-state index contributed by atoms with van der Waals surface area (Å²) in [6.45, 7) is 0.224. The zero-order chi connectivity index (χ0) is 20.0. The van der Waals surface area contributed by atoms with Crippen LogP contribution < -0.4 is 19.7 Å². The topological polar surface area (TPSA) is 90.6 Å². The molecule has 5 rings (SSSR count). The van der Waals surface area contributed by atoms with Crippen LogP contribution in [-0.4, -0.2) is 35.5 Å². The molecule has 3 heterocycles. The summed E-state index contributed by atoms with van der Waals surface area (Å²) in [6.07, 6.45) is 1.64. The fraction of sp³-hybridized carbons (Fsp3) is 0.143. The van der Waals surface area contributed by atoms with Gasteiger partial charge in [-0.05, 0) is 24.3 Å². The molecule has 0 saturated carbocycles. The molecule has 0 fully saturated rings. The van der Waals surface area contributed by atoms with Crippen LogP contribution in [0.5, 0.6) is 11.5 Å². The summed E-state index contributed by atoms with van der Waals surface area (Å²) >= 11 is 0. The standard InChI is InChI=1S/C21H18N6O2/c1-26(2)16-6-3-13(4-7-16)19-21(27-20(25-19)14(10-22)11-23-27)24-15-5-8-17-18(9-15)29-12-28-17/h3-9,11,23-24H,12H2,1-2H3. The molecule has 29 heavy (non-hydrogen) atoms. The number of fused-ring (bicyclic) bond motifs is 2. The number of hydrogen-bond acceptors (Lipinski definition) is 6. The van der Waals surface area contributed by atoms with Crippen molar-refractivity contribution in [3.63, 3.8) is 0 Å². The van der Waals surface area contributed by atoms with Crippen LogP contribution in [0.25, 0.3) is 16.9 Å². The van der Waals surface area contributed by atoms with Crippen molar-refractivity contribution in [2.24, 2.45) is 0 Å². The molecule has 0 radical (unpaired) electrons. The quantitative estimate of drug-likeness (QED) is 0.555. The highest BCUT2D eigenvalue weighted by molar-refractivity contribution is 5.81. The summed E-state index contributed by atoms with van der Waals surface area (Å²) in [6, 6.07) is 16.0. The zero-order valence-electron chi connectivity index (χ0n) is 15.9. The van der Waals surface area contributed by atoms with Gasteiger partial charge in [0, 0.05) is 43.3 Å². The second-order valence-corrected chi connectivity index (χ2v) is 6.90.